The standard InChI is InChI=1S/C17H20N2/c1-12-6-5-7-16(10-12)11-18-15(4)17-9-8-13(2)14(3)19-17/h5-10,18H,4,11H2,1-3H3. The molecule has 0 amide bonds. The summed E-state index contributed by atoms with van der Waals surface area (Å²) in [6.07, 6.45) is 0. The first-order chi connectivity index (χ1) is 9.06. The van der Waals surface area contributed by atoms with Crippen molar-refractivity contribution < 1.29 is 0 Å². The molecule has 2 heteroatoms. The van der Waals surface area contributed by atoms with E-state index in [4.69, 9.17) is 0 Å². The summed E-state index contributed by atoms with van der Waals surface area (Å²) in [7, 11) is 0. The van der Waals surface area contributed by atoms with Gasteiger partial charge in [-0.15, -0.1) is 0 Å². The van der Waals surface area contributed by atoms with Gasteiger partial charge in [-0.25, -0.2) is 0 Å². The first-order valence-corrected chi connectivity index (χ1v) is 6.49. The molecule has 98 valence electrons. The minimum Gasteiger partial charge on any atom is -0.380 e. The van der Waals surface area contributed by atoms with Crippen LogP contribution in [0, 0.1) is 20.8 Å². The van der Waals surface area contributed by atoms with E-state index in [0.29, 0.717) is 0 Å². The number of rotatable bonds is 4. The molecule has 0 aliphatic rings. The third kappa shape index (κ3) is 3.44. The van der Waals surface area contributed by atoms with E-state index in [0.717, 1.165) is 23.6 Å². The average Bonchev–Trinajstić information content (AvgIpc) is 2.39. The Hall–Kier alpha value is -2.09. The molecule has 0 bridgehead atoms. The van der Waals surface area contributed by atoms with Crippen molar-refractivity contribution in [2.24, 2.45) is 0 Å². The lowest BCUT2D eigenvalue weighted by Gasteiger charge is -2.11. The minimum absolute atomic E-state index is 0.773. The summed E-state index contributed by atoms with van der Waals surface area (Å²) in [5, 5.41) is 3.33. The van der Waals surface area contributed by atoms with Crippen LogP contribution in [0.15, 0.2) is 43.0 Å². The molecule has 0 saturated carbocycles. The lowest BCUT2D eigenvalue weighted by Crippen LogP contribution is -2.12. The van der Waals surface area contributed by atoms with Crippen LogP contribution < -0.4 is 5.32 Å². The summed E-state index contributed by atoms with van der Waals surface area (Å²) >= 11 is 0. The Morgan fingerprint density at radius 3 is 2.63 bits per heavy atom. The summed E-state index contributed by atoms with van der Waals surface area (Å²) in [6, 6.07) is 12.5. The highest BCUT2D eigenvalue weighted by molar-refractivity contribution is 5.58. The van der Waals surface area contributed by atoms with E-state index in [2.05, 4.69) is 61.1 Å². The molecule has 1 aromatic carbocycles. The molecule has 1 heterocycles. The van der Waals surface area contributed by atoms with Crippen LogP contribution in [0.1, 0.15) is 28.1 Å². The molecule has 0 spiro atoms. The second-order valence-corrected chi connectivity index (χ2v) is 4.92. The fourth-order valence-corrected chi connectivity index (χ4v) is 1.92. The van der Waals surface area contributed by atoms with Crippen molar-refractivity contribution in [3.8, 4) is 0 Å². The van der Waals surface area contributed by atoms with Crippen LogP contribution in [0.4, 0.5) is 0 Å². The SMILES string of the molecule is C=C(NCc1cccc(C)c1)c1ccc(C)c(C)n1. The number of nitrogens with zero attached hydrogens (tertiary/aromatic N) is 1. The molecule has 0 aliphatic carbocycles. The number of benzene rings is 1. The van der Waals surface area contributed by atoms with Gasteiger partial charge in [0.25, 0.3) is 0 Å². The van der Waals surface area contributed by atoms with E-state index in [-0.39, 0.29) is 0 Å². The Morgan fingerprint density at radius 2 is 1.95 bits per heavy atom. The van der Waals surface area contributed by atoms with Crippen LogP contribution in [0.3, 0.4) is 0 Å². The zero-order valence-electron chi connectivity index (χ0n) is 11.8. The van der Waals surface area contributed by atoms with Crippen molar-refractivity contribution in [2.75, 3.05) is 0 Å². The molecule has 19 heavy (non-hydrogen) atoms. The smallest absolute Gasteiger partial charge is 0.0858 e. The Bertz CT molecular complexity index is 600. The molecule has 2 rings (SSSR count). The van der Waals surface area contributed by atoms with Crippen molar-refractivity contribution in [3.63, 3.8) is 0 Å². The summed E-state index contributed by atoms with van der Waals surface area (Å²) < 4.78 is 0. The maximum absolute atomic E-state index is 4.54. The van der Waals surface area contributed by atoms with Crippen LogP contribution in [-0.2, 0) is 6.54 Å². The Kier molecular flexibility index (Phi) is 4.00. The molecule has 1 aromatic heterocycles. The third-order valence-electron chi connectivity index (χ3n) is 3.25. The molecule has 0 radical (unpaired) electrons. The van der Waals surface area contributed by atoms with Gasteiger partial charge >= 0.3 is 0 Å². The molecular weight excluding hydrogens is 232 g/mol. The zero-order valence-corrected chi connectivity index (χ0v) is 11.8. The normalized spacial score (nSPS) is 10.3. The number of aryl methyl sites for hydroxylation is 3. The second kappa shape index (κ2) is 5.70. The fraction of sp³-hybridized carbons (Fsp3) is 0.235. The van der Waals surface area contributed by atoms with Gasteiger partial charge in [0.2, 0.25) is 0 Å². The van der Waals surface area contributed by atoms with E-state index in [1.807, 2.05) is 13.0 Å². The molecule has 2 aromatic rings. The van der Waals surface area contributed by atoms with Gasteiger partial charge in [-0.2, -0.15) is 0 Å². The number of nitrogens with one attached hydrogen (secondary N) is 1. The van der Waals surface area contributed by atoms with Gasteiger partial charge in [0.05, 0.1) is 11.4 Å². The summed E-state index contributed by atoms with van der Waals surface area (Å²) in [6.45, 7) is 11.0. The topological polar surface area (TPSA) is 24.9 Å². The van der Waals surface area contributed by atoms with Gasteiger partial charge in [0.1, 0.15) is 0 Å². The minimum atomic E-state index is 0.773. The van der Waals surface area contributed by atoms with Crippen molar-refractivity contribution >= 4 is 5.70 Å². The maximum atomic E-state index is 4.54. The third-order valence-corrected chi connectivity index (χ3v) is 3.25. The predicted molar refractivity (Wildman–Crippen MR) is 80.8 cm³/mol. The second-order valence-electron chi connectivity index (χ2n) is 4.92. The van der Waals surface area contributed by atoms with E-state index in [1.165, 1.54) is 16.7 Å². The molecule has 0 fully saturated rings. The number of pyridine rings is 1. The highest BCUT2D eigenvalue weighted by atomic mass is 14.9. The van der Waals surface area contributed by atoms with E-state index < -0.39 is 0 Å². The summed E-state index contributed by atoms with van der Waals surface area (Å²) in [4.78, 5) is 4.54. The number of hydrogen-bond acceptors (Lipinski definition) is 2. The van der Waals surface area contributed by atoms with Crippen molar-refractivity contribution in [3.05, 3.63) is 71.1 Å². The van der Waals surface area contributed by atoms with Gasteiger partial charge < -0.3 is 5.32 Å². The summed E-state index contributed by atoms with van der Waals surface area (Å²) in [5.74, 6) is 0. The Morgan fingerprint density at radius 1 is 1.16 bits per heavy atom. The number of hydrogen-bond donors (Lipinski definition) is 1. The van der Waals surface area contributed by atoms with Crippen LogP contribution in [0.5, 0.6) is 0 Å². The average molecular weight is 252 g/mol. The summed E-state index contributed by atoms with van der Waals surface area (Å²) in [5.41, 5.74) is 6.56. The molecular formula is C17H20N2. The highest BCUT2D eigenvalue weighted by Gasteiger charge is 2.02. The quantitative estimate of drug-likeness (QED) is 0.896. The van der Waals surface area contributed by atoms with Gasteiger partial charge in [-0.1, -0.05) is 42.5 Å². The first-order valence-electron chi connectivity index (χ1n) is 6.49. The van der Waals surface area contributed by atoms with Gasteiger partial charge in [0.15, 0.2) is 0 Å². The van der Waals surface area contributed by atoms with E-state index in [9.17, 15) is 0 Å². The predicted octanol–water partition coefficient (Wildman–Crippen LogP) is 3.77. The van der Waals surface area contributed by atoms with Crippen LogP contribution in [0.25, 0.3) is 5.70 Å². The molecule has 1 N–H and O–H groups in total. The Balaban J connectivity index is 2.03. The van der Waals surface area contributed by atoms with Gasteiger partial charge in [-0.05, 0) is 38.0 Å². The monoisotopic (exact) mass is 252 g/mol. The fourth-order valence-electron chi connectivity index (χ4n) is 1.92. The Labute approximate surface area is 115 Å². The lowest BCUT2D eigenvalue weighted by molar-refractivity contribution is 0.881. The van der Waals surface area contributed by atoms with Gasteiger partial charge in [0, 0.05) is 12.2 Å². The lowest BCUT2D eigenvalue weighted by atomic mass is 10.1. The highest BCUT2D eigenvalue weighted by Crippen LogP contribution is 2.12. The van der Waals surface area contributed by atoms with Crippen LogP contribution in [-0.4, -0.2) is 4.98 Å². The van der Waals surface area contributed by atoms with Crippen LogP contribution in [0.2, 0.25) is 0 Å². The molecule has 0 atom stereocenters. The van der Waals surface area contributed by atoms with E-state index in [1.54, 1.807) is 0 Å². The molecule has 0 saturated heterocycles. The molecule has 0 unspecified atom stereocenters. The molecule has 0 aliphatic heterocycles. The van der Waals surface area contributed by atoms with Crippen LogP contribution >= 0.6 is 0 Å². The van der Waals surface area contributed by atoms with Crippen molar-refractivity contribution in [1.82, 2.24) is 10.3 Å². The first kappa shape index (κ1) is 13.3. The van der Waals surface area contributed by atoms with Crippen molar-refractivity contribution in [2.45, 2.75) is 27.3 Å². The van der Waals surface area contributed by atoms with Crippen molar-refractivity contribution in [1.29, 1.82) is 0 Å². The zero-order chi connectivity index (χ0) is 13.8. The maximum Gasteiger partial charge on any atom is 0.0858 e. The van der Waals surface area contributed by atoms with Gasteiger partial charge in [-0.3, -0.25) is 4.98 Å². The number of aromatic nitrogens is 1. The molecule has 2 nitrogen and oxygen atoms in total. The largest absolute Gasteiger partial charge is 0.380 e. The van der Waals surface area contributed by atoms with E-state index >= 15 is 0 Å².